The van der Waals surface area contributed by atoms with Crippen LogP contribution in [0.2, 0.25) is 5.02 Å². The second-order valence-electron chi connectivity index (χ2n) is 5.18. The lowest BCUT2D eigenvalue weighted by atomic mass is 10.1. The Hall–Kier alpha value is -2.42. The van der Waals surface area contributed by atoms with Crippen LogP contribution in [-0.2, 0) is 17.1 Å². The van der Waals surface area contributed by atoms with Gasteiger partial charge in [-0.2, -0.15) is 26.3 Å². The molecule has 140 valence electrons. The molecule has 0 fully saturated rings. The van der Waals surface area contributed by atoms with Gasteiger partial charge >= 0.3 is 12.4 Å². The van der Waals surface area contributed by atoms with E-state index < -0.39 is 41.6 Å². The number of carbonyl (C=O) groups excluding carboxylic acids is 1. The molecule has 0 aliphatic carbocycles. The fraction of sp³-hybridized carbons (Fsp3) is 0.188. The Balaban J connectivity index is 2.16. The van der Waals surface area contributed by atoms with Crippen molar-refractivity contribution >= 4 is 28.9 Å². The largest absolute Gasteiger partial charge is 0.416 e. The average molecular weight is 397 g/mol. The maximum Gasteiger partial charge on any atom is 0.416 e. The Morgan fingerprint density at radius 3 is 1.96 bits per heavy atom. The zero-order chi connectivity index (χ0) is 19.5. The Labute approximate surface area is 149 Å². The van der Waals surface area contributed by atoms with Gasteiger partial charge in [0.25, 0.3) is 0 Å². The first-order chi connectivity index (χ1) is 12.0. The molecule has 2 N–H and O–H groups in total. The standard InChI is InChI=1S/C16H11ClF6N2O/c17-12-3-1-2-4-13(12)25-14(26)8-24-11-6-9(15(18,19)20)5-10(7-11)16(21,22)23/h1-7,24H,8H2,(H,25,26). The molecule has 26 heavy (non-hydrogen) atoms. The van der Waals surface area contributed by atoms with Crippen LogP contribution in [0.25, 0.3) is 0 Å². The SMILES string of the molecule is O=C(CNc1cc(C(F)(F)F)cc(C(F)(F)F)c1)Nc1ccccc1Cl. The van der Waals surface area contributed by atoms with Crippen LogP contribution < -0.4 is 10.6 Å². The van der Waals surface area contributed by atoms with Crippen molar-refractivity contribution in [3.8, 4) is 0 Å². The van der Waals surface area contributed by atoms with E-state index in [1.54, 1.807) is 12.1 Å². The Morgan fingerprint density at radius 1 is 0.923 bits per heavy atom. The summed E-state index contributed by atoms with van der Waals surface area (Å²) >= 11 is 5.84. The maximum atomic E-state index is 12.8. The molecule has 0 spiro atoms. The van der Waals surface area contributed by atoms with Gasteiger partial charge in [0.2, 0.25) is 5.91 Å². The van der Waals surface area contributed by atoms with E-state index in [0.29, 0.717) is 12.1 Å². The van der Waals surface area contributed by atoms with E-state index in [1.807, 2.05) is 0 Å². The summed E-state index contributed by atoms with van der Waals surface area (Å²) < 4.78 is 76.7. The zero-order valence-corrected chi connectivity index (χ0v) is 13.6. The molecule has 0 heterocycles. The Kier molecular flexibility index (Phi) is 5.70. The van der Waals surface area contributed by atoms with Crippen LogP contribution in [0.15, 0.2) is 42.5 Å². The van der Waals surface area contributed by atoms with Gasteiger partial charge in [-0.3, -0.25) is 4.79 Å². The molecule has 0 unspecified atom stereocenters. The van der Waals surface area contributed by atoms with Crippen molar-refractivity contribution in [1.82, 2.24) is 0 Å². The molecule has 0 atom stereocenters. The van der Waals surface area contributed by atoms with Crippen molar-refractivity contribution in [1.29, 1.82) is 0 Å². The molecule has 0 aliphatic rings. The van der Waals surface area contributed by atoms with E-state index in [2.05, 4.69) is 10.6 Å². The first kappa shape index (κ1) is 19.9. The van der Waals surface area contributed by atoms with Crippen LogP contribution in [0.4, 0.5) is 37.7 Å². The number of hydrogen-bond acceptors (Lipinski definition) is 2. The summed E-state index contributed by atoms with van der Waals surface area (Å²) in [4.78, 5) is 11.8. The second kappa shape index (κ2) is 7.45. The molecular weight excluding hydrogens is 386 g/mol. The third kappa shape index (κ3) is 5.29. The number of hydrogen-bond donors (Lipinski definition) is 2. The zero-order valence-electron chi connectivity index (χ0n) is 12.8. The van der Waals surface area contributed by atoms with Crippen molar-refractivity contribution in [2.45, 2.75) is 12.4 Å². The van der Waals surface area contributed by atoms with E-state index >= 15 is 0 Å². The molecule has 0 saturated carbocycles. The highest BCUT2D eigenvalue weighted by Gasteiger charge is 2.36. The van der Waals surface area contributed by atoms with E-state index in [1.165, 1.54) is 12.1 Å². The van der Waals surface area contributed by atoms with Gasteiger partial charge in [0.05, 0.1) is 28.4 Å². The number of alkyl halides is 6. The number of para-hydroxylation sites is 1. The van der Waals surface area contributed by atoms with Crippen LogP contribution in [0.1, 0.15) is 11.1 Å². The number of carbonyl (C=O) groups is 1. The highest BCUT2D eigenvalue weighted by molar-refractivity contribution is 6.33. The number of rotatable bonds is 4. The summed E-state index contributed by atoms with van der Waals surface area (Å²) in [5, 5.41) is 4.88. The Bertz CT molecular complexity index is 772. The number of amides is 1. The third-order valence-corrected chi connectivity index (χ3v) is 3.52. The fourth-order valence-corrected chi connectivity index (χ4v) is 2.18. The summed E-state index contributed by atoms with van der Waals surface area (Å²) in [6.07, 6.45) is -9.92. The molecule has 3 nitrogen and oxygen atoms in total. The van der Waals surface area contributed by atoms with Gasteiger partial charge in [-0.05, 0) is 30.3 Å². The highest BCUT2D eigenvalue weighted by Crippen LogP contribution is 2.37. The summed E-state index contributed by atoms with van der Waals surface area (Å²) in [6, 6.07) is 7.22. The number of anilines is 2. The predicted molar refractivity (Wildman–Crippen MR) is 85.0 cm³/mol. The van der Waals surface area contributed by atoms with Crippen LogP contribution in [0.3, 0.4) is 0 Å². The molecule has 2 aromatic carbocycles. The monoisotopic (exact) mass is 396 g/mol. The van der Waals surface area contributed by atoms with Crippen molar-refractivity contribution < 1.29 is 31.1 Å². The van der Waals surface area contributed by atoms with Crippen LogP contribution in [-0.4, -0.2) is 12.5 Å². The number of benzene rings is 2. The number of nitrogens with one attached hydrogen (secondary N) is 2. The van der Waals surface area contributed by atoms with E-state index in [0.717, 1.165) is 0 Å². The average Bonchev–Trinajstić information content (AvgIpc) is 2.53. The molecule has 1 amide bonds. The topological polar surface area (TPSA) is 41.1 Å². The van der Waals surface area contributed by atoms with Gasteiger partial charge < -0.3 is 10.6 Å². The van der Waals surface area contributed by atoms with E-state index in [9.17, 15) is 31.1 Å². The quantitative estimate of drug-likeness (QED) is 0.677. The molecule has 10 heteroatoms. The highest BCUT2D eigenvalue weighted by atomic mass is 35.5. The third-order valence-electron chi connectivity index (χ3n) is 3.19. The predicted octanol–water partition coefficient (Wildman–Crippen LogP) is 5.43. The molecule has 2 rings (SSSR count). The minimum atomic E-state index is -4.96. The summed E-state index contributed by atoms with van der Waals surface area (Å²) in [6.45, 7) is -0.552. The van der Waals surface area contributed by atoms with E-state index in [-0.39, 0.29) is 16.8 Å². The smallest absolute Gasteiger partial charge is 0.376 e. The van der Waals surface area contributed by atoms with Crippen LogP contribution >= 0.6 is 11.6 Å². The Morgan fingerprint density at radius 2 is 1.46 bits per heavy atom. The van der Waals surface area contributed by atoms with E-state index in [4.69, 9.17) is 11.6 Å². The number of halogens is 7. The lowest BCUT2D eigenvalue weighted by Crippen LogP contribution is -2.22. The molecule has 0 saturated heterocycles. The van der Waals surface area contributed by atoms with Gasteiger partial charge in [0, 0.05) is 5.69 Å². The van der Waals surface area contributed by atoms with Crippen molar-refractivity contribution in [2.75, 3.05) is 17.2 Å². The summed E-state index contributed by atoms with van der Waals surface area (Å²) in [5.74, 6) is -0.691. The van der Waals surface area contributed by atoms with Crippen molar-refractivity contribution in [3.05, 3.63) is 58.6 Å². The van der Waals surface area contributed by atoms with Gasteiger partial charge in [-0.1, -0.05) is 23.7 Å². The van der Waals surface area contributed by atoms with Crippen LogP contribution in [0, 0.1) is 0 Å². The van der Waals surface area contributed by atoms with Crippen molar-refractivity contribution in [2.24, 2.45) is 0 Å². The summed E-state index contributed by atoms with van der Waals surface area (Å²) in [5.41, 5.74) is -3.16. The molecule has 0 bridgehead atoms. The molecule has 0 aromatic heterocycles. The van der Waals surface area contributed by atoms with Crippen molar-refractivity contribution in [3.63, 3.8) is 0 Å². The minimum Gasteiger partial charge on any atom is -0.376 e. The molecular formula is C16H11ClF6N2O. The first-order valence-corrected chi connectivity index (χ1v) is 7.42. The molecule has 0 radical (unpaired) electrons. The maximum absolute atomic E-state index is 12.8. The second-order valence-corrected chi connectivity index (χ2v) is 5.58. The normalized spacial score (nSPS) is 12.0. The van der Waals surface area contributed by atoms with Gasteiger partial charge in [-0.25, -0.2) is 0 Å². The van der Waals surface area contributed by atoms with Crippen LogP contribution in [0.5, 0.6) is 0 Å². The fourth-order valence-electron chi connectivity index (χ4n) is 2.00. The lowest BCUT2D eigenvalue weighted by molar-refractivity contribution is -0.143. The van der Waals surface area contributed by atoms with Gasteiger partial charge in [0.15, 0.2) is 0 Å². The first-order valence-electron chi connectivity index (χ1n) is 7.04. The summed E-state index contributed by atoms with van der Waals surface area (Å²) in [7, 11) is 0. The molecule has 2 aromatic rings. The minimum absolute atomic E-state index is 0.00892. The van der Waals surface area contributed by atoms with Gasteiger partial charge in [0.1, 0.15) is 0 Å². The van der Waals surface area contributed by atoms with Gasteiger partial charge in [-0.15, -0.1) is 0 Å². The molecule has 0 aliphatic heterocycles. The lowest BCUT2D eigenvalue weighted by Gasteiger charge is -2.15.